The molecule has 0 spiro atoms. The molecule has 1 aliphatic rings. The number of halogens is 3. The third-order valence-corrected chi connectivity index (χ3v) is 8.15. The second-order valence-corrected chi connectivity index (χ2v) is 11.5. The Bertz CT molecular complexity index is 1410. The molecule has 0 bridgehead atoms. The van der Waals surface area contributed by atoms with Gasteiger partial charge in [0.05, 0.1) is 24.3 Å². The number of benzene rings is 2. The number of rotatable bonds is 7. The highest BCUT2D eigenvalue weighted by molar-refractivity contribution is 7.21. The van der Waals surface area contributed by atoms with Crippen LogP contribution >= 0.6 is 46.1 Å². The summed E-state index contributed by atoms with van der Waals surface area (Å²) >= 11 is 19.3. The molecule has 1 fully saturated rings. The van der Waals surface area contributed by atoms with Crippen LogP contribution in [0.1, 0.15) is 34.6 Å². The van der Waals surface area contributed by atoms with Crippen molar-refractivity contribution in [2.75, 3.05) is 7.11 Å². The molecule has 3 aromatic rings. The summed E-state index contributed by atoms with van der Waals surface area (Å²) in [7, 11) is 1.47. The SMILES string of the molecule is COc1cc(/C=N\NC(=O)c2sc3cc(C)ccc3c2Cl)ccc1OC(=O)[C@@H]1[C@H](C=C(Cl)Cl)C1(C)C. The van der Waals surface area contributed by atoms with Crippen LogP contribution in [0.3, 0.4) is 0 Å². The second-order valence-electron chi connectivity index (χ2n) is 9.06. The first kappa shape index (κ1) is 26.5. The molecule has 0 aliphatic heterocycles. The standard InChI is InChI=1S/C26H23Cl3N2O4S/c1-13-5-7-15-19(9-13)36-23(22(15)29)24(32)31-30-12-14-6-8-17(18(10-14)34-4)35-25(33)21-16(11-20(27)28)26(21,2)3/h5-12,16,21H,1-4H3,(H,31,32)/b30-12-/t16-,21-/m0/s1. The maximum atomic E-state index is 12.8. The number of methoxy groups -OCH3 is 1. The maximum absolute atomic E-state index is 12.8. The molecule has 0 radical (unpaired) electrons. The number of ether oxygens (including phenoxy) is 2. The molecule has 1 saturated carbocycles. The average Bonchev–Trinajstić information content (AvgIpc) is 3.18. The highest BCUT2D eigenvalue weighted by atomic mass is 35.5. The van der Waals surface area contributed by atoms with Gasteiger partial charge in [-0.1, -0.05) is 60.8 Å². The summed E-state index contributed by atoms with van der Waals surface area (Å²) in [4.78, 5) is 25.8. The lowest BCUT2D eigenvalue weighted by Gasteiger charge is -2.10. The zero-order chi connectivity index (χ0) is 26.2. The molecule has 36 heavy (non-hydrogen) atoms. The van der Waals surface area contributed by atoms with Gasteiger partial charge in [-0.2, -0.15) is 5.10 Å². The molecule has 188 valence electrons. The van der Waals surface area contributed by atoms with Gasteiger partial charge in [-0.15, -0.1) is 11.3 Å². The van der Waals surface area contributed by atoms with Gasteiger partial charge in [-0.05, 0) is 59.7 Å². The van der Waals surface area contributed by atoms with E-state index >= 15 is 0 Å². The fourth-order valence-corrected chi connectivity index (χ4v) is 5.91. The fraction of sp³-hybridized carbons (Fsp3) is 0.269. The smallest absolute Gasteiger partial charge is 0.315 e. The lowest BCUT2D eigenvalue weighted by atomic mass is 10.1. The van der Waals surface area contributed by atoms with Crippen molar-refractivity contribution in [3.05, 3.63) is 68.0 Å². The van der Waals surface area contributed by atoms with Crippen molar-refractivity contribution in [2.24, 2.45) is 22.4 Å². The highest BCUT2D eigenvalue weighted by Crippen LogP contribution is 2.60. The van der Waals surface area contributed by atoms with Crippen LogP contribution in [0.2, 0.25) is 5.02 Å². The van der Waals surface area contributed by atoms with Crippen molar-refractivity contribution >= 4 is 74.3 Å². The summed E-state index contributed by atoms with van der Waals surface area (Å²) in [5.74, 6) is -0.635. The van der Waals surface area contributed by atoms with Crippen LogP contribution in [0.4, 0.5) is 0 Å². The average molecular weight is 566 g/mol. The number of nitrogens with zero attached hydrogens (tertiary/aromatic N) is 1. The van der Waals surface area contributed by atoms with Crippen LogP contribution in [0.25, 0.3) is 10.1 Å². The van der Waals surface area contributed by atoms with E-state index in [4.69, 9.17) is 44.3 Å². The number of fused-ring (bicyclic) bond motifs is 1. The van der Waals surface area contributed by atoms with E-state index in [0.29, 0.717) is 21.2 Å². The Balaban J connectivity index is 1.43. The van der Waals surface area contributed by atoms with Crippen molar-refractivity contribution in [2.45, 2.75) is 20.8 Å². The summed E-state index contributed by atoms with van der Waals surface area (Å²) in [6.07, 6.45) is 3.12. The van der Waals surface area contributed by atoms with Crippen LogP contribution in [0.5, 0.6) is 11.5 Å². The van der Waals surface area contributed by atoms with E-state index in [9.17, 15) is 9.59 Å². The van der Waals surface area contributed by atoms with Gasteiger partial charge in [0.1, 0.15) is 9.37 Å². The Hall–Kier alpha value is -2.58. The van der Waals surface area contributed by atoms with Crippen LogP contribution < -0.4 is 14.9 Å². The third-order valence-electron chi connectivity index (χ3n) is 6.24. The number of hydrogen-bond acceptors (Lipinski definition) is 6. The molecular formula is C26H23Cl3N2O4S. The van der Waals surface area contributed by atoms with Crippen LogP contribution in [0.15, 0.2) is 52.1 Å². The zero-order valence-corrected chi connectivity index (χ0v) is 23.0. The fourth-order valence-electron chi connectivity index (χ4n) is 4.13. The Morgan fingerprint density at radius 3 is 2.58 bits per heavy atom. The van der Waals surface area contributed by atoms with Gasteiger partial charge >= 0.3 is 5.97 Å². The molecule has 1 heterocycles. The van der Waals surface area contributed by atoms with Gasteiger partial charge in [0.25, 0.3) is 5.91 Å². The molecule has 10 heteroatoms. The molecule has 1 aromatic heterocycles. The van der Waals surface area contributed by atoms with Crippen LogP contribution in [-0.2, 0) is 4.79 Å². The monoisotopic (exact) mass is 564 g/mol. The maximum Gasteiger partial charge on any atom is 0.315 e. The van der Waals surface area contributed by atoms with Gasteiger partial charge in [0.2, 0.25) is 0 Å². The van der Waals surface area contributed by atoms with Gasteiger partial charge in [0, 0.05) is 10.1 Å². The minimum absolute atomic E-state index is 0.102. The predicted molar refractivity (Wildman–Crippen MR) is 146 cm³/mol. The molecule has 0 unspecified atom stereocenters. The number of carbonyl (C=O) groups is 2. The molecule has 6 nitrogen and oxygen atoms in total. The quantitative estimate of drug-likeness (QED) is 0.143. The number of amides is 1. The van der Waals surface area contributed by atoms with Crippen molar-refractivity contribution in [1.82, 2.24) is 5.43 Å². The Kier molecular flexibility index (Phi) is 7.67. The lowest BCUT2D eigenvalue weighted by molar-refractivity contribution is -0.136. The zero-order valence-electron chi connectivity index (χ0n) is 19.9. The minimum atomic E-state index is -0.402. The molecule has 2 aromatic carbocycles. The highest BCUT2D eigenvalue weighted by Gasteiger charge is 2.61. The van der Waals surface area contributed by atoms with E-state index in [1.807, 2.05) is 39.0 Å². The number of esters is 1. The number of allylic oxidation sites excluding steroid dienone is 1. The van der Waals surface area contributed by atoms with E-state index < -0.39 is 11.9 Å². The summed E-state index contributed by atoms with van der Waals surface area (Å²) in [5, 5.41) is 5.27. The van der Waals surface area contributed by atoms with Gasteiger partial charge in [0.15, 0.2) is 11.5 Å². The van der Waals surface area contributed by atoms with E-state index in [1.165, 1.54) is 24.7 Å². The Labute approximate surface area is 227 Å². The van der Waals surface area contributed by atoms with Gasteiger partial charge in [-0.3, -0.25) is 9.59 Å². The number of carbonyl (C=O) groups excluding carboxylic acids is 2. The summed E-state index contributed by atoms with van der Waals surface area (Å²) in [6, 6.07) is 10.8. The van der Waals surface area contributed by atoms with Crippen molar-refractivity contribution in [3.63, 3.8) is 0 Å². The van der Waals surface area contributed by atoms with Crippen molar-refractivity contribution in [1.29, 1.82) is 0 Å². The van der Waals surface area contributed by atoms with Crippen molar-refractivity contribution in [3.8, 4) is 11.5 Å². The third kappa shape index (κ3) is 5.39. The number of nitrogens with one attached hydrogen (secondary N) is 1. The molecular weight excluding hydrogens is 543 g/mol. The van der Waals surface area contributed by atoms with E-state index in [-0.39, 0.29) is 27.5 Å². The number of aryl methyl sites for hydroxylation is 1. The molecule has 2 atom stereocenters. The summed E-state index contributed by atoms with van der Waals surface area (Å²) < 4.78 is 12.1. The van der Waals surface area contributed by atoms with Crippen LogP contribution in [0, 0.1) is 24.2 Å². The summed E-state index contributed by atoms with van der Waals surface area (Å²) in [5.41, 5.74) is 3.92. The second kappa shape index (κ2) is 10.4. The molecule has 1 aliphatic carbocycles. The minimum Gasteiger partial charge on any atom is -0.493 e. The predicted octanol–water partition coefficient (Wildman–Crippen LogP) is 7.13. The Morgan fingerprint density at radius 1 is 1.14 bits per heavy atom. The topological polar surface area (TPSA) is 77.0 Å². The number of hydrogen-bond donors (Lipinski definition) is 1. The first-order valence-corrected chi connectivity index (χ1v) is 12.9. The molecule has 4 rings (SSSR count). The molecule has 1 amide bonds. The summed E-state index contributed by atoms with van der Waals surface area (Å²) in [6.45, 7) is 5.89. The first-order chi connectivity index (χ1) is 17.0. The first-order valence-electron chi connectivity index (χ1n) is 11.0. The van der Waals surface area contributed by atoms with E-state index in [0.717, 1.165) is 15.6 Å². The lowest BCUT2D eigenvalue weighted by Crippen LogP contribution is -2.16. The van der Waals surface area contributed by atoms with Crippen LogP contribution in [-0.4, -0.2) is 25.2 Å². The Morgan fingerprint density at radius 2 is 1.89 bits per heavy atom. The largest absolute Gasteiger partial charge is 0.493 e. The normalized spacial score (nSPS) is 18.2. The van der Waals surface area contributed by atoms with Gasteiger partial charge < -0.3 is 9.47 Å². The van der Waals surface area contributed by atoms with E-state index in [1.54, 1.807) is 24.3 Å². The van der Waals surface area contributed by atoms with Gasteiger partial charge in [-0.25, -0.2) is 5.43 Å². The number of thiophene rings is 1. The van der Waals surface area contributed by atoms with E-state index in [2.05, 4.69) is 10.5 Å². The number of hydrazone groups is 1. The molecule has 1 N–H and O–H groups in total. The van der Waals surface area contributed by atoms with Crippen molar-refractivity contribution < 1.29 is 19.1 Å². The molecule has 0 saturated heterocycles.